The van der Waals surface area contributed by atoms with Crippen molar-refractivity contribution in [1.29, 1.82) is 5.26 Å². The van der Waals surface area contributed by atoms with Crippen molar-refractivity contribution < 1.29 is 0 Å². The van der Waals surface area contributed by atoms with Crippen LogP contribution in [0.25, 0.3) is 0 Å². The first-order valence-electron chi connectivity index (χ1n) is 7.12. The quantitative estimate of drug-likeness (QED) is 0.852. The molecule has 1 fully saturated rings. The fraction of sp³-hybridized carbons (Fsp3) is 0.312. The molecule has 112 valence electrons. The summed E-state index contributed by atoms with van der Waals surface area (Å²) in [5.41, 5.74) is 1.49. The van der Waals surface area contributed by atoms with Crippen LogP contribution in [-0.4, -0.2) is 41.5 Å². The number of hydrogen-bond donors (Lipinski definition) is 0. The first-order valence-corrected chi connectivity index (χ1v) is 7.49. The number of aromatic nitrogens is 2. The zero-order chi connectivity index (χ0) is 15.5. The average molecular weight is 314 g/mol. The zero-order valence-electron chi connectivity index (χ0n) is 12.3. The van der Waals surface area contributed by atoms with Crippen molar-refractivity contribution in [2.24, 2.45) is 0 Å². The molecule has 0 unspecified atom stereocenters. The van der Waals surface area contributed by atoms with Gasteiger partial charge in [-0.15, -0.1) is 0 Å². The normalized spacial score (nSPS) is 19.0. The standard InChI is InChI=1S/C16H16ClN5/c1-21-8-9-22(16-19-7-6-12(10-18)20-16)11-15(21)13-4-2-3-5-14(13)17/h2-7,15H,8-9,11H2,1H3/t15-/m1/s1. The van der Waals surface area contributed by atoms with Gasteiger partial charge in [0.25, 0.3) is 0 Å². The van der Waals surface area contributed by atoms with Gasteiger partial charge in [0.05, 0.1) is 6.04 Å². The van der Waals surface area contributed by atoms with Gasteiger partial charge in [-0.3, -0.25) is 4.90 Å². The number of hydrogen-bond acceptors (Lipinski definition) is 5. The largest absolute Gasteiger partial charge is 0.338 e. The molecular formula is C16H16ClN5. The maximum Gasteiger partial charge on any atom is 0.226 e. The predicted octanol–water partition coefficient (Wildman–Crippen LogP) is 2.49. The van der Waals surface area contributed by atoms with Crippen LogP contribution in [0.2, 0.25) is 5.02 Å². The van der Waals surface area contributed by atoms with Gasteiger partial charge in [0.2, 0.25) is 5.95 Å². The second-order valence-corrected chi connectivity index (χ2v) is 5.72. The molecule has 1 aromatic carbocycles. The number of rotatable bonds is 2. The van der Waals surface area contributed by atoms with E-state index >= 15 is 0 Å². The summed E-state index contributed by atoms with van der Waals surface area (Å²) >= 11 is 6.34. The second-order valence-electron chi connectivity index (χ2n) is 5.32. The molecule has 0 radical (unpaired) electrons. The van der Waals surface area contributed by atoms with Crippen LogP contribution in [0.4, 0.5) is 5.95 Å². The number of anilines is 1. The van der Waals surface area contributed by atoms with Crippen molar-refractivity contribution in [2.75, 3.05) is 31.6 Å². The van der Waals surface area contributed by atoms with Gasteiger partial charge in [0, 0.05) is 30.9 Å². The summed E-state index contributed by atoms with van der Waals surface area (Å²) in [6.07, 6.45) is 1.63. The molecule has 0 aliphatic carbocycles. The van der Waals surface area contributed by atoms with Crippen molar-refractivity contribution in [2.45, 2.75) is 6.04 Å². The van der Waals surface area contributed by atoms with Crippen LogP contribution in [0.5, 0.6) is 0 Å². The van der Waals surface area contributed by atoms with Crippen molar-refractivity contribution in [3.05, 3.63) is 52.8 Å². The van der Waals surface area contributed by atoms with Gasteiger partial charge in [0.1, 0.15) is 11.8 Å². The number of nitriles is 1. The molecule has 0 bridgehead atoms. The molecule has 1 saturated heterocycles. The summed E-state index contributed by atoms with van der Waals surface area (Å²) in [5.74, 6) is 0.601. The van der Waals surface area contributed by atoms with Gasteiger partial charge >= 0.3 is 0 Å². The van der Waals surface area contributed by atoms with E-state index in [4.69, 9.17) is 16.9 Å². The molecule has 0 saturated carbocycles. The van der Waals surface area contributed by atoms with E-state index in [9.17, 15) is 0 Å². The van der Waals surface area contributed by atoms with Gasteiger partial charge in [-0.25, -0.2) is 9.97 Å². The lowest BCUT2D eigenvalue weighted by atomic mass is 10.0. The number of nitrogens with zero attached hydrogens (tertiary/aromatic N) is 5. The van der Waals surface area contributed by atoms with Gasteiger partial charge < -0.3 is 4.90 Å². The minimum atomic E-state index is 0.178. The fourth-order valence-electron chi connectivity index (χ4n) is 2.70. The monoisotopic (exact) mass is 313 g/mol. The van der Waals surface area contributed by atoms with Crippen LogP contribution in [-0.2, 0) is 0 Å². The topological polar surface area (TPSA) is 56.0 Å². The Labute approximate surface area is 134 Å². The van der Waals surface area contributed by atoms with Crippen LogP contribution in [0.1, 0.15) is 17.3 Å². The Bertz CT molecular complexity index is 712. The van der Waals surface area contributed by atoms with E-state index < -0.39 is 0 Å². The molecule has 0 spiro atoms. The average Bonchev–Trinajstić information content (AvgIpc) is 2.56. The smallest absolute Gasteiger partial charge is 0.226 e. The fourth-order valence-corrected chi connectivity index (χ4v) is 2.96. The zero-order valence-corrected chi connectivity index (χ0v) is 13.0. The summed E-state index contributed by atoms with van der Waals surface area (Å²) < 4.78 is 0. The minimum Gasteiger partial charge on any atom is -0.338 e. The molecule has 1 aliphatic rings. The molecule has 1 atom stereocenters. The third kappa shape index (κ3) is 2.89. The summed E-state index contributed by atoms with van der Waals surface area (Å²) in [5, 5.41) is 9.76. The van der Waals surface area contributed by atoms with Crippen molar-refractivity contribution in [1.82, 2.24) is 14.9 Å². The highest BCUT2D eigenvalue weighted by Gasteiger charge is 2.28. The lowest BCUT2D eigenvalue weighted by Gasteiger charge is -2.40. The van der Waals surface area contributed by atoms with Crippen LogP contribution in [0.3, 0.4) is 0 Å². The highest BCUT2D eigenvalue weighted by atomic mass is 35.5. The lowest BCUT2D eigenvalue weighted by Crippen LogP contribution is -2.47. The van der Waals surface area contributed by atoms with Crippen LogP contribution in [0.15, 0.2) is 36.5 Å². The lowest BCUT2D eigenvalue weighted by molar-refractivity contribution is 0.220. The summed E-state index contributed by atoms with van der Waals surface area (Å²) in [7, 11) is 2.10. The van der Waals surface area contributed by atoms with E-state index in [2.05, 4.69) is 39.0 Å². The SMILES string of the molecule is CN1CCN(c2nccc(C#N)n2)C[C@@H]1c1ccccc1Cl. The van der Waals surface area contributed by atoms with Crippen LogP contribution >= 0.6 is 11.6 Å². The molecule has 1 aliphatic heterocycles. The third-order valence-electron chi connectivity index (χ3n) is 3.95. The van der Waals surface area contributed by atoms with Gasteiger partial charge in [-0.2, -0.15) is 5.26 Å². The summed E-state index contributed by atoms with van der Waals surface area (Å²) in [6, 6.07) is 11.8. The Morgan fingerprint density at radius 2 is 2.09 bits per heavy atom. The maximum absolute atomic E-state index is 8.98. The van der Waals surface area contributed by atoms with E-state index in [1.165, 1.54) is 0 Å². The summed E-state index contributed by atoms with van der Waals surface area (Å²) in [4.78, 5) is 13.0. The number of benzene rings is 1. The Morgan fingerprint density at radius 1 is 1.27 bits per heavy atom. The second kappa shape index (κ2) is 6.30. The van der Waals surface area contributed by atoms with Gasteiger partial charge in [0.15, 0.2) is 0 Å². The number of halogens is 1. The highest BCUT2D eigenvalue weighted by Crippen LogP contribution is 2.30. The predicted molar refractivity (Wildman–Crippen MR) is 85.8 cm³/mol. The molecule has 0 N–H and O–H groups in total. The van der Waals surface area contributed by atoms with Crippen molar-refractivity contribution in [3.8, 4) is 6.07 Å². The van der Waals surface area contributed by atoms with Crippen LogP contribution < -0.4 is 4.90 Å². The molecule has 2 heterocycles. The van der Waals surface area contributed by atoms with Gasteiger partial charge in [-0.1, -0.05) is 29.8 Å². The van der Waals surface area contributed by atoms with E-state index in [1.807, 2.05) is 18.2 Å². The van der Waals surface area contributed by atoms with Gasteiger partial charge in [-0.05, 0) is 24.7 Å². The molecule has 6 heteroatoms. The molecular weight excluding hydrogens is 298 g/mol. The molecule has 2 aromatic rings. The summed E-state index contributed by atoms with van der Waals surface area (Å²) in [6.45, 7) is 2.46. The Balaban J connectivity index is 1.88. The van der Waals surface area contributed by atoms with E-state index in [-0.39, 0.29) is 6.04 Å². The Kier molecular flexibility index (Phi) is 4.23. The molecule has 1 aromatic heterocycles. The van der Waals surface area contributed by atoms with Crippen molar-refractivity contribution >= 4 is 17.5 Å². The van der Waals surface area contributed by atoms with Crippen LogP contribution in [0, 0.1) is 11.3 Å². The highest BCUT2D eigenvalue weighted by molar-refractivity contribution is 6.31. The minimum absolute atomic E-state index is 0.178. The number of likely N-dealkylation sites (N-methyl/N-ethyl adjacent to an activating group) is 1. The molecule has 3 rings (SSSR count). The van der Waals surface area contributed by atoms with E-state index in [1.54, 1.807) is 12.3 Å². The molecule has 5 nitrogen and oxygen atoms in total. The number of piperazine rings is 1. The first kappa shape index (κ1) is 14.8. The maximum atomic E-state index is 8.98. The van der Waals surface area contributed by atoms with Crippen molar-refractivity contribution in [3.63, 3.8) is 0 Å². The third-order valence-corrected chi connectivity index (χ3v) is 4.30. The van der Waals surface area contributed by atoms with E-state index in [0.29, 0.717) is 11.6 Å². The first-order chi connectivity index (χ1) is 10.7. The Morgan fingerprint density at radius 3 is 2.86 bits per heavy atom. The molecule has 0 amide bonds. The van der Waals surface area contributed by atoms with E-state index in [0.717, 1.165) is 30.2 Å². The Hall–Kier alpha value is -2.16. The molecule has 22 heavy (non-hydrogen) atoms.